The summed E-state index contributed by atoms with van der Waals surface area (Å²) in [6, 6.07) is 0. The Labute approximate surface area is 107 Å². The van der Waals surface area contributed by atoms with Crippen LogP contribution in [0.3, 0.4) is 0 Å². The number of hydrogen-bond acceptors (Lipinski definition) is 3. The van der Waals surface area contributed by atoms with Gasteiger partial charge in [0.05, 0.1) is 0 Å². The zero-order valence-corrected chi connectivity index (χ0v) is 12.6. The Balaban J connectivity index is 2.41. The summed E-state index contributed by atoms with van der Waals surface area (Å²) >= 11 is 0. The normalized spacial score (nSPS) is 23.6. The fourth-order valence-corrected chi connectivity index (χ4v) is 2.56. The highest BCUT2D eigenvalue weighted by atomic mass is 15.2. The van der Waals surface area contributed by atoms with Crippen molar-refractivity contribution in [2.45, 2.75) is 39.7 Å². The van der Waals surface area contributed by atoms with Crippen molar-refractivity contribution in [3.05, 3.63) is 0 Å². The summed E-state index contributed by atoms with van der Waals surface area (Å²) in [5.74, 6) is 0.835. The number of nitrogens with zero attached hydrogens (tertiary/aromatic N) is 2. The summed E-state index contributed by atoms with van der Waals surface area (Å²) in [5, 5.41) is 0. The van der Waals surface area contributed by atoms with E-state index in [-0.39, 0.29) is 11.0 Å². The maximum atomic E-state index is 6.26. The smallest absolute Gasteiger partial charge is 0.0161 e. The van der Waals surface area contributed by atoms with E-state index in [1.807, 2.05) is 0 Å². The second-order valence-corrected chi connectivity index (χ2v) is 7.22. The molecule has 1 heterocycles. The quantitative estimate of drug-likeness (QED) is 0.794. The van der Waals surface area contributed by atoms with Crippen LogP contribution in [-0.2, 0) is 0 Å². The van der Waals surface area contributed by atoms with Gasteiger partial charge in [-0.3, -0.25) is 0 Å². The Morgan fingerprint density at radius 1 is 1.29 bits per heavy atom. The molecule has 0 radical (unpaired) electrons. The summed E-state index contributed by atoms with van der Waals surface area (Å²) in [4.78, 5) is 4.88. The first-order valence-electron chi connectivity index (χ1n) is 6.78. The predicted molar refractivity (Wildman–Crippen MR) is 75.1 cm³/mol. The topological polar surface area (TPSA) is 32.5 Å². The van der Waals surface area contributed by atoms with Crippen LogP contribution >= 0.6 is 0 Å². The van der Waals surface area contributed by atoms with Gasteiger partial charge in [0, 0.05) is 25.2 Å². The van der Waals surface area contributed by atoms with Crippen molar-refractivity contribution in [1.82, 2.24) is 9.80 Å². The molecule has 1 aliphatic heterocycles. The highest BCUT2D eigenvalue weighted by Crippen LogP contribution is 2.29. The Hall–Kier alpha value is -0.120. The highest BCUT2D eigenvalue weighted by molar-refractivity contribution is 4.92. The largest absolute Gasteiger partial charge is 0.325 e. The van der Waals surface area contributed by atoms with Crippen molar-refractivity contribution < 1.29 is 0 Å². The lowest BCUT2D eigenvalue weighted by molar-refractivity contribution is 0.120. The lowest BCUT2D eigenvalue weighted by Gasteiger charge is -2.41. The second-order valence-electron chi connectivity index (χ2n) is 7.22. The number of hydrogen-bond donors (Lipinski definition) is 1. The minimum absolute atomic E-state index is 0.131. The van der Waals surface area contributed by atoms with E-state index in [9.17, 15) is 0 Å². The van der Waals surface area contributed by atoms with E-state index in [4.69, 9.17) is 5.73 Å². The monoisotopic (exact) mass is 241 g/mol. The molecule has 0 saturated carbocycles. The summed E-state index contributed by atoms with van der Waals surface area (Å²) in [6.45, 7) is 13.6. The van der Waals surface area contributed by atoms with E-state index in [0.29, 0.717) is 0 Å². The average Bonchev–Trinajstić information content (AvgIpc) is 2.47. The zero-order chi connectivity index (χ0) is 13.3. The van der Waals surface area contributed by atoms with Crippen LogP contribution in [0.4, 0.5) is 0 Å². The van der Waals surface area contributed by atoms with Gasteiger partial charge in [-0.2, -0.15) is 0 Å². The van der Waals surface area contributed by atoms with Crippen molar-refractivity contribution in [2.24, 2.45) is 17.1 Å². The molecule has 0 aliphatic carbocycles. The highest BCUT2D eigenvalue weighted by Gasteiger charge is 2.34. The molecule has 1 saturated heterocycles. The van der Waals surface area contributed by atoms with Gasteiger partial charge in [0.15, 0.2) is 0 Å². The van der Waals surface area contributed by atoms with Gasteiger partial charge in [0.1, 0.15) is 0 Å². The summed E-state index contributed by atoms with van der Waals surface area (Å²) in [5.41, 5.74) is 6.27. The fourth-order valence-electron chi connectivity index (χ4n) is 2.56. The van der Waals surface area contributed by atoms with Gasteiger partial charge >= 0.3 is 0 Å². The lowest BCUT2D eigenvalue weighted by atomic mass is 9.75. The maximum absolute atomic E-state index is 6.26. The second kappa shape index (κ2) is 5.25. The SMILES string of the molecule is CN1CCC(CN(C)CC(C)(C)C(C)(C)N)C1. The van der Waals surface area contributed by atoms with Crippen molar-refractivity contribution in [3.63, 3.8) is 0 Å². The van der Waals surface area contributed by atoms with E-state index in [1.165, 1.54) is 26.1 Å². The van der Waals surface area contributed by atoms with Crippen LogP contribution < -0.4 is 5.73 Å². The molecule has 3 nitrogen and oxygen atoms in total. The Morgan fingerprint density at radius 2 is 1.88 bits per heavy atom. The standard InChI is InChI=1S/C14H31N3/c1-13(2,14(3,4)15)11-17(6)10-12-7-8-16(5)9-12/h12H,7-11,15H2,1-6H3. The van der Waals surface area contributed by atoms with Crippen LogP contribution in [-0.4, -0.2) is 55.6 Å². The van der Waals surface area contributed by atoms with Gasteiger partial charge in [-0.05, 0) is 52.2 Å². The van der Waals surface area contributed by atoms with Crippen molar-refractivity contribution in [3.8, 4) is 0 Å². The molecular weight excluding hydrogens is 210 g/mol. The molecule has 1 unspecified atom stereocenters. The van der Waals surface area contributed by atoms with E-state index >= 15 is 0 Å². The number of rotatable bonds is 5. The van der Waals surface area contributed by atoms with E-state index in [0.717, 1.165) is 12.5 Å². The Bertz CT molecular complexity index is 242. The molecule has 0 amide bonds. The van der Waals surface area contributed by atoms with E-state index in [2.05, 4.69) is 51.6 Å². The maximum Gasteiger partial charge on any atom is 0.0161 e. The lowest BCUT2D eigenvalue weighted by Crippen LogP contribution is -2.52. The molecular formula is C14H31N3. The molecule has 3 heteroatoms. The van der Waals surface area contributed by atoms with Crippen LogP contribution in [0.2, 0.25) is 0 Å². The molecule has 2 N–H and O–H groups in total. The molecule has 0 bridgehead atoms. The predicted octanol–water partition coefficient (Wildman–Crippen LogP) is 1.63. The van der Waals surface area contributed by atoms with Crippen molar-refractivity contribution in [1.29, 1.82) is 0 Å². The van der Waals surface area contributed by atoms with Crippen LogP contribution in [0.25, 0.3) is 0 Å². The fraction of sp³-hybridized carbons (Fsp3) is 1.00. The molecule has 102 valence electrons. The van der Waals surface area contributed by atoms with Crippen LogP contribution in [0.5, 0.6) is 0 Å². The third-order valence-electron chi connectivity index (χ3n) is 4.47. The zero-order valence-electron chi connectivity index (χ0n) is 12.6. The van der Waals surface area contributed by atoms with Gasteiger partial charge in [0.25, 0.3) is 0 Å². The average molecular weight is 241 g/mol. The minimum Gasteiger partial charge on any atom is -0.325 e. The van der Waals surface area contributed by atoms with E-state index in [1.54, 1.807) is 0 Å². The molecule has 1 fully saturated rings. The van der Waals surface area contributed by atoms with Crippen LogP contribution in [0.15, 0.2) is 0 Å². The molecule has 1 aliphatic rings. The summed E-state index contributed by atoms with van der Waals surface area (Å²) in [7, 11) is 4.44. The first kappa shape index (κ1) is 14.9. The van der Waals surface area contributed by atoms with Crippen molar-refractivity contribution in [2.75, 3.05) is 40.3 Å². The van der Waals surface area contributed by atoms with Gasteiger partial charge in [-0.25, -0.2) is 0 Å². The Kier molecular flexibility index (Phi) is 4.61. The molecule has 1 rings (SSSR count). The first-order valence-corrected chi connectivity index (χ1v) is 6.78. The number of likely N-dealkylation sites (tertiary alicyclic amines) is 1. The third-order valence-corrected chi connectivity index (χ3v) is 4.47. The summed E-state index contributed by atoms with van der Waals surface area (Å²) < 4.78 is 0. The van der Waals surface area contributed by atoms with Gasteiger partial charge in [-0.1, -0.05) is 13.8 Å². The molecule has 1 atom stereocenters. The molecule has 0 aromatic carbocycles. The van der Waals surface area contributed by atoms with Crippen molar-refractivity contribution >= 4 is 0 Å². The van der Waals surface area contributed by atoms with Gasteiger partial charge in [-0.15, -0.1) is 0 Å². The molecule has 0 aromatic heterocycles. The third kappa shape index (κ3) is 4.23. The molecule has 0 spiro atoms. The van der Waals surface area contributed by atoms with Gasteiger partial charge < -0.3 is 15.5 Å². The molecule has 0 aromatic rings. The van der Waals surface area contributed by atoms with Crippen LogP contribution in [0.1, 0.15) is 34.1 Å². The summed E-state index contributed by atoms with van der Waals surface area (Å²) in [6.07, 6.45) is 1.34. The van der Waals surface area contributed by atoms with E-state index < -0.39 is 0 Å². The Morgan fingerprint density at radius 3 is 2.29 bits per heavy atom. The number of nitrogens with two attached hydrogens (primary N) is 1. The first-order chi connectivity index (χ1) is 7.62. The molecule has 17 heavy (non-hydrogen) atoms. The van der Waals surface area contributed by atoms with Gasteiger partial charge in [0.2, 0.25) is 0 Å². The minimum atomic E-state index is -0.131. The van der Waals surface area contributed by atoms with Crippen LogP contribution in [0, 0.1) is 11.3 Å².